The zero-order chi connectivity index (χ0) is 12.3. The van der Waals surface area contributed by atoms with Crippen molar-refractivity contribution in [3.05, 3.63) is 23.4 Å². The van der Waals surface area contributed by atoms with E-state index in [1.807, 2.05) is 13.0 Å². The molecule has 0 saturated heterocycles. The van der Waals surface area contributed by atoms with Gasteiger partial charge in [-0.1, -0.05) is 20.8 Å². The van der Waals surface area contributed by atoms with Gasteiger partial charge in [0, 0.05) is 11.8 Å². The lowest BCUT2D eigenvalue weighted by Gasteiger charge is -2.14. The topological polar surface area (TPSA) is 56.3 Å². The molecule has 90 valence electrons. The fraction of sp³-hybridized carbons (Fsp3) is 0.545. The Morgan fingerprint density at radius 1 is 1.44 bits per heavy atom. The number of aromatic nitrogens is 1. The van der Waals surface area contributed by atoms with Crippen LogP contribution in [0.1, 0.15) is 37.8 Å². The van der Waals surface area contributed by atoms with Crippen molar-refractivity contribution in [3.8, 4) is 5.88 Å². The van der Waals surface area contributed by atoms with Crippen LogP contribution in [0.4, 0.5) is 0 Å². The average molecular weight is 243 g/mol. The number of rotatable bonds is 4. The Kier molecular flexibility index (Phi) is 3.91. The van der Waals surface area contributed by atoms with Crippen LogP contribution in [0.5, 0.6) is 5.88 Å². The van der Waals surface area contributed by atoms with E-state index in [9.17, 15) is 8.42 Å². The molecule has 0 aliphatic rings. The van der Waals surface area contributed by atoms with Gasteiger partial charge in [-0.2, -0.15) is 8.42 Å². The third-order valence-electron chi connectivity index (χ3n) is 2.26. The highest BCUT2D eigenvalue weighted by Gasteiger charge is 2.15. The first-order valence-electron chi connectivity index (χ1n) is 5.22. The summed E-state index contributed by atoms with van der Waals surface area (Å²) in [6.45, 7) is 6.06. The van der Waals surface area contributed by atoms with Crippen molar-refractivity contribution < 1.29 is 12.6 Å². The van der Waals surface area contributed by atoms with Gasteiger partial charge >= 0.3 is 10.1 Å². The quantitative estimate of drug-likeness (QED) is 0.760. The van der Waals surface area contributed by atoms with Crippen molar-refractivity contribution in [2.24, 2.45) is 0 Å². The monoisotopic (exact) mass is 243 g/mol. The van der Waals surface area contributed by atoms with Crippen LogP contribution in [-0.2, 0) is 16.5 Å². The van der Waals surface area contributed by atoms with Crippen LogP contribution < -0.4 is 4.18 Å². The average Bonchev–Trinajstić information content (AvgIpc) is 2.14. The van der Waals surface area contributed by atoms with Crippen LogP contribution >= 0.6 is 0 Å². The maximum atomic E-state index is 11.1. The molecule has 0 amide bonds. The van der Waals surface area contributed by atoms with E-state index in [4.69, 9.17) is 4.18 Å². The molecule has 0 N–H and O–H groups in total. The van der Waals surface area contributed by atoms with Gasteiger partial charge in [-0.05, 0) is 24.0 Å². The second-order valence-corrected chi connectivity index (χ2v) is 5.55. The molecule has 0 spiro atoms. The molecule has 0 aliphatic heterocycles. The molecule has 0 aliphatic carbocycles. The number of hydrogen-bond donors (Lipinski definition) is 0. The zero-order valence-corrected chi connectivity index (χ0v) is 10.8. The van der Waals surface area contributed by atoms with Crippen molar-refractivity contribution in [1.29, 1.82) is 0 Å². The lowest BCUT2D eigenvalue weighted by atomic mass is 9.97. The summed E-state index contributed by atoms with van der Waals surface area (Å²) in [6, 6.07) is 1.90. The van der Waals surface area contributed by atoms with Crippen LogP contribution in [-0.4, -0.2) is 19.7 Å². The summed E-state index contributed by atoms with van der Waals surface area (Å²) in [5.41, 5.74) is 1.94. The van der Waals surface area contributed by atoms with E-state index in [-0.39, 0.29) is 5.88 Å². The highest BCUT2D eigenvalue weighted by atomic mass is 32.2. The maximum Gasteiger partial charge on any atom is 0.307 e. The highest BCUT2D eigenvalue weighted by Crippen LogP contribution is 2.26. The molecule has 0 aromatic carbocycles. The van der Waals surface area contributed by atoms with E-state index in [0.29, 0.717) is 12.3 Å². The van der Waals surface area contributed by atoms with Crippen LogP contribution in [0.2, 0.25) is 0 Å². The Morgan fingerprint density at radius 2 is 2.06 bits per heavy atom. The van der Waals surface area contributed by atoms with Gasteiger partial charge < -0.3 is 4.18 Å². The molecule has 0 fully saturated rings. The third kappa shape index (κ3) is 3.20. The molecule has 1 rings (SSSR count). The molecule has 1 aromatic rings. The summed E-state index contributed by atoms with van der Waals surface area (Å²) >= 11 is 0. The van der Waals surface area contributed by atoms with Crippen molar-refractivity contribution in [2.45, 2.75) is 33.1 Å². The van der Waals surface area contributed by atoms with Gasteiger partial charge in [-0.15, -0.1) is 0 Å². The minimum Gasteiger partial charge on any atom is -0.362 e. The first kappa shape index (κ1) is 13.0. The van der Waals surface area contributed by atoms with Crippen LogP contribution in [0, 0.1) is 0 Å². The van der Waals surface area contributed by atoms with Gasteiger partial charge in [0.15, 0.2) is 0 Å². The van der Waals surface area contributed by atoms with E-state index < -0.39 is 10.1 Å². The molecule has 0 radical (unpaired) electrons. The number of pyridine rings is 1. The van der Waals surface area contributed by atoms with E-state index in [0.717, 1.165) is 17.4 Å². The van der Waals surface area contributed by atoms with E-state index in [2.05, 4.69) is 18.8 Å². The largest absolute Gasteiger partial charge is 0.362 e. The molecule has 5 heteroatoms. The van der Waals surface area contributed by atoms with Crippen molar-refractivity contribution >= 4 is 10.1 Å². The maximum absolute atomic E-state index is 11.1. The lowest BCUT2D eigenvalue weighted by Crippen LogP contribution is -2.10. The molecular weight excluding hydrogens is 226 g/mol. The summed E-state index contributed by atoms with van der Waals surface area (Å²) in [6.07, 6.45) is 3.30. The number of hydrogen-bond acceptors (Lipinski definition) is 4. The molecule has 0 atom stereocenters. The summed E-state index contributed by atoms with van der Waals surface area (Å²) in [7, 11) is -3.51. The van der Waals surface area contributed by atoms with E-state index in [1.165, 1.54) is 0 Å². The standard InChI is InChI=1S/C11H17NO3S/c1-5-9-10(8(2)3)6-7-12-11(9)15-16(4,13)14/h6-8H,5H2,1-4H3. The van der Waals surface area contributed by atoms with Gasteiger partial charge in [0.1, 0.15) is 0 Å². The van der Waals surface area contributed by atoms with Gasteiger partial charge in [-0.3, -0.25) is 0 Å². The summed E-state index contributed by atoms with van der Waals surface area (Å²) in [5, 5.41) is 0. The molecule has 0 bridgehead atoms. The summed E-state index contributed by atoms with van der Waals surface area (Å²) in [4.78, 5) is 3.98. The second kappa shape index (κ2) is 4.82. The lowest BCUT2D eigenvalue weighted by molar-refractivity contribution is 0.478. The van der Waals surface area contributed by atoms with Gasteiger partial charge in [0.05, 0.1) is 6.26 Å². The van der Waals surface area contributed by atoms with Gasteiger partial charge in [-0.25, -0.2) is 4.98 Å². The van der Waals surface area contributed by atoms with Crippen LogP contribution in [0.25, 0.3) is 0 Å². The molecule has 0 unspecified atom stereocenters. The third-order valence-corrected chi connectivity index (χ3v) is 2.72. The highest BCUT2D eigenvalue weighted by molar-refractivity contribution is 7.86. The summed E-state index contributed by atoms with van der Waals surface area (Å²) < 4.78 is 27.1. The summed E-state index contributed by atoms with van der Waals surface area (Å²) in [5.74, 6) is 0.524. The fourth-order valence-electron chi connectivity index (χ4n) is 1.60. The van der Waals surface area contributed by atoms with Crippen molar-refractivity contribution in [2.75, 3.05) is 6.26 Å². The van der Waals surface area contributed by atoms with Crippen molar-refractivity contribution in [3.63, 3.8) is 0 Å². The Balaban J connectivity index is 3.24. The van der Waals surface area contributed by atoms with Crippen LogP contribution in [0.15, 0.2) is 12.3 Å². The Labute approximate surface area is 96.8 Å². The van der Waals surface area contributed by atoms with E-state index >= 15 is 0 Å². The van der Waals surface area contributed by atoms with Crippen molar-refractivity contribution in [1.82, 2.24) is 4.98 Å². The fourth-order valence-corrected chi connectivity index (χ4v) is 2.03. The normalized spacial score (nSPS) is 11.8. The van der Waals surface area contributed by atoms with E-state index in [1.54, 1.807) is 6.20 Å². The predicted octanol–water partition coefficient (Wildman–Crippen LogP) is 2.11. The van der Waals surface area contributed by atoms with Gasteiger partial charge in [0.2, 0.25) is 5.88 Å². The minimum atomic E-state index is -3.51. The molecule has 4 nitrogen and oxygen atoms in total. The molecule has 1 aromatic heterocycles. The Hall–Kier alpha value is -1.10. The van der Waals surface area contributed by atoms with Crippen LogP contribution in [0.3, 0.4) is 0 Å². The first-order chi connectivity index (χ1) is 7.35. The number of nitrogens with zero attached hydrogens (tertiary/aromatic N) is 1. The smallest absolute Gasteiger partial charge is 0.307 e. The SMILES string of the molecule is CCc1c(C(C)C)ccnc1OS(C)(=O)=O. The molecular formula is C11H17NO3S. The molecule has 1 heterocycles. The molecule has 0 saturated carbocycles. The second-order valence-electron chi connectivity index (χ2n) is 3.98. The Morgan fingerprint density at radius 3 is 2.50 bits per heavy atom. The predicted molar refractivity (Wildman–Crippen MR) is 63.2 cm³/mol. The first-order valence-corrected chi connectivity index (χ1v) is 7.04. The van der Waals surface area contributed by atoms with Gasteiger partial charge in [0.25, 0.3) is 0 Å². The zero-order valence-electron chi connectivity index (χ0n) is 10.0. The Bertz CT molecular complexity index is 466. The minimum absolute atomic E-state index is 0.205. The molecule has 16 heavy (non-hydrogen) atoms.